The first-order chi connectivity index (χ1) is 15.9. The van der Waals surface area contributed by atoms with Crippen molar-refractivity contribution in [3.05, 3.63) is 93.0 Å². The first-order valence-corrected chi connectivity index (χ1v) is 11.2. The number of methoxy groups -OCH3 is 1. The maximum absolute atomic E-state index is 12.7. The normalized spacial score (nSPS) is 15.4. The van der Waals surface area contributed by atoms with Crippen LogP contribution in [0.15, 0.2) is 66.7 Å². The smallest absolute Gasteiger partial charge is 0.288 e. The summed E-state index contributed by atoms with van der Waals surface area (Å²) >= 11 is 7.32. The Labute approximate surface area is 198 Å². The molecule has 10 heteroatoms. The Morgan fingerprint density at radius 3 is 2.64 bits per heavy atom. The first kappa shape index (κ1) is 22.6. The lowest BCUT2D eigenvalue weighted by Gasteiger charge is -2.25. The highest BCUT2D eigenvalue weighted by molar-refractivity contribution is 8.00. The lowest BCUT2D eigenvalue weighted by molar-refractivity contribution is -0.384. The van der Waals surface area contributed by atoms with Crippen molar-refractivity contribution >= 4 is 52.2 Å². The predicted molar refractivity (Wildman–Crippen MR) is 128 cm³/mol. The topological polar surface area (TPSA) is 102 Å². The Kier molecular flexibility index (Phi) is 6.52. The Morgan fingerprint density at radius 2 is 1.94 bits per heavy atom. The summed E-state index contributed by atoms with van der Waals surface area (Å²) < 4.78 is 5.19. The van der Waals surface area contributed by atoms with Gasteiger partial charge < -0.3 is 10.1 Å². The number of halogens is 1. The molecule has 1 fully saturated rings. The fraction of sp³-hybridized carbons (Fsp3) is 0.130. The number of carbonyl (C=O) groups excluding carboxylic acids is 2. The molecule has 0 saturated carbocycles. The molecular formula is C23H18ClN3O5S. The molecule has 0 radical (unpaired) electrons. The average Bonchev–Trinajstić information content (AvgIpc) is 3.20. The number of rotatable bonds is 6. The molecule has 4 rings (SSSR count). The predicted octanol–water partition coefficient (Wildman–Crippen LogP) is 5.29. The largest absolute Gasteiger partial charge is 0.497 e. The maximum Gasteiger partial charge on any atom is 0.288 e. The Balaban J connectivity index is 1.57. The molecule has 1 heterocycles. The molecule has 1 aliphatic rings. The van der Waals surface area contributed by atoms with Crippen LogP contribution < -0.4 is 15.0 Å². The van der Waals surface area contributed by atoms with Crippen molar-refractivity contribution in [2.75, 3.05) is 23.1 Å². The lowest BCUT2D eigenvalue weighted by Crippen LogP contribution is -2.27. The zero-order valence-electron chi connectivity index (χ0n) is 17.4. The third kappa shape index (κ3) is 4.79. The molecule has 1 aliphatic heterocycles. The summed E-state index contributed by atoms with van der Waals surface area (Å²) in [5.41, 5.74) is 1.86. The molecule has 0 spiro atoms. The standard InChI is InChI=1S/C23H18ClN3O5S/c1-32-18-8-6-17(7-9-18)26-21(28)13-33-23(26)15-3-2-4-16(11-15)25-22(29)14-5-10-19(24)20(12-14)27(30)31/h2-12,23H,13H2,1H3,(H,25,29)/t23-/m1/s1. The van der Waals surface area contributed by atoms with Gasteiger partial charge in [-0.25, -0.2) is 0 Å². The SMILES string of the molecule is COc1ccc(N2C(=O)CS[C@@H]2c2cccc(NC(=O)c3ccc(Cl)c([N+](=O)[O-])c3)c2)cc1. The van der Waals surface area contributed by atoms with E-state index < -0.39 is 10.8 Å². The van der Waals surface area contributed by atoms with Gasteiger partial charge in [-0.05, 0) is 54.1 Å². The van der Waals surface area contributed by atoms with Crippen molar-refractivity contribution < 1.29 is 19.2 Å². The van der Waals surface area contributed by atoms with Gasteiger partial charge in [-0.1, -0.05) is 23.7 Å². The highest BCUT2D eigenvalue weighted by Crippen LogP contribution is 2.42. The second kappa shape index (κ2) is 9.51. The molecule has 8 nitrogen and oxygen atoms in total. The van der Waals surface area contributed by atoms with Gasteiger partial charge in [-0.2, -0.15) is 0 Å². The van der Waals surface area contributed by atoms with Crippen LogP contribution in [0.3, 0.4) is 0 Å². The summed E-state index contributed by atoms with van der Waals surface area (Å²) in [5, 5.41) is 13.6. The van der Waals surface area contributed by atoms with E-state index in [1.165, 1.54) is 23.9 Å². The van der Waals surface area contributed by atoms with Gasteiger partial charge in [-0.3, -0.25) is 24.6 Å². The molecule has 168 valence electrons. The molecule has 1 saturated heterocycles. The van der Waals surface area contributed by atoms with Crippen LogP contribution in [0.5, 0.6) is 5.75 Å². The molecule has 0 aliphatic carbocycles. The molecule has 1 N–H and O–H groups in total. The van der Waals surface area contributed by atoms with Crippen molar-refractivity contribution in [3.63, 3.8) is 0 Å². The van der Waals surface area contributed by atoms with Gasteiger partial charge in [0, 0.05) is 23.0 Å². The number of ether oxygens (including phenoxy) is 1. The van der Waals surface area contributed by atoms with Crippen molar-refractivity contribution in [1.82, 2.24) is 0 Å². The van der Waals surface area contributed by atoms with Crippen LogP contribution in [0.2, 0.25) is 5.02 Å². The van der Waals surface area contributed by atoms with Crippen LogP contribution >= 0.6 is 23.4 Å². The summed E-state index contributed by atoms with van der Waals surface area (Å²) in [4.78, 5) is 37.5. The minimum Gasteiger partial charge on any atom is -0.497 e. The van der Waals surface area contributed by atoms with Gasteiger partial charge in [0.05, 0.1) is 17.8 Å². The number of hydrogen-bond donors (Lipinski definition) is 1. The second-order valence-corrected chi connectivity index (χ2v) is 8.60. The van der Waals surface area contributed by atoms with Crippen LogP contribution in [0, 0.1) is 10.1 Å². The minimum absolute atomic E-state index is 0.0157. The molecule has 3 aromatic carbocycles. The molecule has 0 aromatic heterocycles. The number of carbonyl (C=O) groups is 2. The summed E-state index contributed by atoms with van der Waals surface area (Å²) in [5.74, 6) is 0.510. The number of nitro benzene ring substituents is 1. The van der Waals surface area contributed by atoms with Gasteiger partial charge >= 0.3 is 0 Å². The van der Waals surface area contributed by atoms with E-state index in [-0.39, 0.29) is 27.6 Å². The van der Waals surface area contributed by atoms with Crippen molar-refractivity contribution in [3.8, 4) is 5.75 Å². The first-order valence-electron chi connectivity index (χ1n) is 9.80. The van der Waals surface area contributed by atoms with Crippen LogP contribution in [0.4, 0.5) is 17.1 Å². The fourth-order valence-electron chi connectivity index (χ4n) is 3.46. The van der Waals surface area contributed by atoms with Crippen LogP contribution in [-0.2, 0) is 4.79 Å². The molecule has 33 heavy (non-hydrogen) atoms. The highest BCUT2D eigenvalue weighted by Gasteiger charge is 2.34. The third-order valence-electron chi connectivity index (χ3n) is 5.05. The van der Waals surface area contributed by atoms with E-state index in [2.05, 4.69) is 5.32 Å². The van der Waals surface area contributed by atoms with Crippen molar-refractivity contribution in [1.29, 1.82) is 0 Å². The number of nitrogens with zero attached hydrogens (tertiary/aromatic N) is 2. The van der Waals surface area contributed by atoms with E-state index in [1.54, 1.807) is 42.3 Å². The summed E-state index contributed by atoms with van der Waals surface area (Å²) in [6.07, 6.45) is 0. The molecule has 3 aromatic rings. The minimum atomic E-state index is -0.637. The lowest BCUT2D eigenvalue weighted by atomic mass is 10.1. The Morgan fingerprint density at radius 1 is 1.18 bits per heavy atom. The van der Waals surface area contributed by atoms with Gasteiger partial charge in [-0.15, -0.1) is 11.8 Å². The molecule has 1 atom stereocenters. The number of thioether (sulfide) groups is 1. The van der Waals surface area contributed by atoms with E-state index in [4.69, 9.17) is 16.3 Å². The summed E-state index contributed by atoms with van der Waals surface area (Å²) in [6.45, 7) is 0. The van der Waals surface area contributed by atoms with Gasteiger partial charge in [0.25, 0.3) is 11.6 Å². The van der Waals surface area contributed by atoms with E-state index in [9.17, 15) is 19.7 Å². The number of nitrogens with one attached hydrogen (secondary N) is 1. The molecular weight excluding hydrogens is 466 g/mol. The zero-order chi connectivity index (χ0) is 23.5. The highest BCUT2D eigenvalue weighted by atomic mass is 35.5. The van der Waals surface area contributed by atoms with E-state index >= 15 is 0 Å². The average molecular weight is 484 g/mol. The number of nitro groups is 1. The van der Waals surface area contributed by atoms with E-state index in [1.807, 2.05) is 18.2 Å². The fourth-order valence-corrected chi connectivity index (χ4v) is 4.81. The summed E-state index contributed by atoms with van der Waals surface area (Å²) in [7, 11) is 1.58. The van der Waals surface area contributed by atoms with Crippen LogP contribution in [0.25, 0.3) is 0 Å². The number of hydrogen-bond acceptors (Lipinski definition) is 6. The number of anilines is 2. The van der Waals surface area contributed by atoms with E-state index in [0.29, 0.717) is 17.2 Å². The van der Waals surface area contributed by atoms with E-state index in [0.717, 1.165) is 17.3 Å². The zero-order valence-corrected chi connectivity index (χ0v) is 18.9. The van der Waals surface area contributed by atoms with Crippen molar-refractivity contribution in [2.45, 2.75) is 5.37 Å². The molecule has 0 unspecified atom stereocenters. The summed E-state index contributed by atoms with van der Waals surface area (Å²) in [6, 6.07) is 18.3. The maximum atomic E-state index is 12.7. The van der Waals surface area contributed by atoms with Crippen molar-refractivity contribution in [2.24, 2.45) is 0 Å². The number of benzene rings is 3. The second-order valence-electron chi connectivity index (χ2n) is 7.13. The van der Waals surface area contributed by atoms with Crippen LogP contribution in [0.1, 0.15) is 21.3 Å². The third-order valence-corrected chi connectivity index (χ3v) is 6.59. The molecule has 2 amide bonds. The van der Waals surface area contributed by atoms with Crippen LogP contribution in [-0.4, -0.2) is 29.6 Å². The van der Waals surface area contributed by atoms with Gasteiger partial charge in [0.1, 0.15) is 16.1 Å². The Hall–Kier alpha value is -3.56. The molecule has 0 bridgehead atoms. The van der Waals surface area contributed by atoms with Gasteiger partial charge in [0.15, 0.2) is 0 Å². The monoisotopic (exact) mass is 483 g/mol. The quantitative estimate of drug-likeness (QED) is 0.377. The van der Waals surface area contributed by atoms with Gasteiger partial charge in [0.2, 0.25) is 5.91 Å². The Bertz CT molecular complexity index is 1240. The number of amides is 2.